The van der Waals surface area contributed by atoms with E-state index in [4.69, 9.17) is 0 Å². The molecule has 1 N–H and O–H groups in total. The quantitative estimate of drug-likeness (QED) is 0.754. The predicted octanol–water partition coefficient (Wildman–Crippen LogP) is 2.55. The summed E-state index contributed by atoms with van der Waals surface area (Å²) in [6.07, 6.45) is 0.740. The SMILES string of the molecule is Cc1ccccc1CC(C)C(C)O. The van der Waals surface area contributed by atoms with E-state index in [1.807, 2.05) is 13.0 Å². The van der Waals surface area contributed by atoms with Crippen molar-refractivity contribution in [3.63, 3.8) is 0 Å². The molecule has 0 radical (unpaired) electrons. The lowest BCUT2D eigenvalue weighted by Gasteiger charge is -2.15. The topological polar surface area (TPSA) is 20.2 Å². The van der Waals surface area contributed by atoms with E-state index in [2.05, 4.69) is 32.0 Å². The first kappa shape index (κ1) is 10.3. The molecule has 0 saturated carbocycles. The average molecular weight is 178 g/mol. The minimum absolute atomic E-state index is 0.223. The first-order valence-corrected chi connectivity index (χ1v) is 4.84. The van der Waals surface area contributed by atoms with Gasteiger partial charge >= 0.3 is 0 Å². The molecule has 0 fully saturated rings. The molecule has 1 aromatic rings. The molecular formula is C12H18O. The molecule has 1 heteroatoms. The summed E-state index contributed by atoms with van der Waals surface area (Å²) in [5.41, 5.74) is 2.66. The lowest BCUT2D eigenvalue weighted by atomic mass is 9.94. The third-order valence-electron chi connectivity index (χ3n) is 2.63. The van der Waals surface area contributed by atoms with Crippen molar-refractivity contribution >= 4 is 0 Å². The van der Waals surface area contributed by atoms with Gasteiger partial charge in [-0.2, -0.15) is 0 Å². The predicted molar refractivity (Wildman–Crippen MR) is 55.7 cm³/mol. The maximum Gasteiger partial charge on any atom is 0.0540 e. The van der Waals surface area contributed by atoms with Gasteiger partial charge in [0.25, 0.3) is 0 Å². The maximum absolute atomic E-state index is 9.37. The van der Waals surface area contributed by atoms with Crippen LogP contribution in [0.2, 0.25) is 0 Å². The van der Waals surface area contributed by atoms with Crippen LogP contribution in [0.15, 0.2) is 24.3 Å². The smallest absolute Gasteiger partial charge is 0.0540 e. The van der Waals surface area contributed by atoms with Crippen molar-refractivity contribution in [1.29, 1.82) is 0 Å². The molecule has 1 rings (SSSR count). The summed E-state index contributed by atoms with van der Waals surface area (Å²) < 4.78 is 0. The summed E-state index contributed by atoms with van der Waals surface area (Å²) in [7, 11) is 0. The Balaban J connectivity index is 2.69. The normalized spacial score (nSPS) is 15.4. The lowest BCUT2D eigenvalue weighted by molar-refractivity contribution is 0.135. The van der Waals surface area contributed by atoms with Crippen LogP contribution in [0.5, 0.6) is 0 Å². The van der Waals surface area contributed by atoms with Crippen LogP contribution in [0.4, 0.5) is 0 Å². The largest absolute Gasteiger partial charge is 0.393 e. The van der Waals surface area contributed by atoms with Crippen molar-refractivity contribution in [3.8, 4) is 0 Å². The van der Waals surface area contributed by atoms with Gasteiger partial charge in [-0.25, -0.2) is 0 Å². The summed E-state index contributed by atoms with van der Waals surface area (Å²) in [6.45, 7) is 6.05. The monoisotopic (exact) mass is 178 g/mol. The molecule has 72 valence electrons. The van der Waals surface area contributed by atoms with Crippen molar-refractivity contribution in [2.75, 3.05) is 0 Å². The molecule has 0 heterocycles. The van der Waals surface area contributed by atoms with Gasteiger partial charge in [-0.1, -0.05) is 31.2 Å². The Morgan fingerprint density at radius 1 is 1.23 bits per heavy atom. The van der Waals surface area contributed by atoms with E-state index in [-0.39, 0.29) is 6.10 Å². The summed E-state index contributed by atoms with van der Waals surface area (Å²) in [5.74, 6) is 0.334. The molecule has 2 atom stereocenters. The molecule has 0 spiro atoms. The molecule has 2 unspecified atom stereocenters. The van der Waals surface area contributed by atoms with Gasteiger partial charge in [0.1, 0.15) is 0 Å². The van der Waals surface area contributed by atoms with Crippen LogP contribution in [0.25, 0.3) is 0 Å². The number of hydrogen-bond acceptors (Lipinski definition) is 1. The molecule has 0 aromatic heterocycles. The molecule has 0 saturated heterocycles. The van der Waals surface area contributed by atoms with Crippen molar-refractivity contribution in [2.24, 2.45) is 5.92 Å². The van der Waals surface area contributed by atoms with E-state index in [9.17, 15) is 5.11 Å². The molecule has 0 aliphatic rings. The summed E-state index contributed by atoms with van der Waals surface area (Å²) in [6, 6.07) is 8.35. The van der Waals surface area contributed by atoms with Crippen LogP contribution in [0.3, 0.4) is 0 Å². The van der Waals surface area contributed by atoms with Crippen LogP contribution < -0.4 is 0 Å². The van der Waals surface area contributed by atoms with Gasteiger partial charge in [-0.3, -0.25) is 0 Å². The standard InChI is InChI=1S/C12H18O/c1-9-6-4-5-7-12(9)8-10(2)11(3)13/h4-7,10-11,13H,8H2,1-3H3. The number of aliphatic hydroxyl groups is 1. The second kappa shape index (κ2) is 4.43. The number of benzene rings is 1. The van der Waals surface area contributed by atoms with Crippen LogP contribution in [-0.2, 0) is 6.42 Å². The van der Waals surface area contributed by atoms with E-state index < -0.39 is 0 Å². The first-order chi connectivity index (χ1) is 6.11. The first-order valence-electron chi connectivity index (χ1n) is 4.84. The van der Waals surface area contributed by atoms with Gasteiger partial charge in [0.2, 0.25) is 0 Å². The van der Waals surface area contributed by atoms with Gasteiger partial charge < -0.3 is 5.11 Å². The summed E-state index contributed by atoms with van der Waals surface area (Å²) in [5, 5.41) is 9.37. The Morgan fingerprint density at radius 3 is 2.38 bits per heavy atom. The second-order valence-corrected chi connectivity index (χ2v) is 3.85. The highest BCUT2D eigenvalue weighted by Gasteiger charge is 2.10. The number of rotatable bonds is 3. The lowest BCUT2D eigenvalue weighted by Crippen LogP contribution is -2.15. The molecule has 0 aliphatic carbocycles. The van der Waals surface area contributed by atoms with Crippen LogP contribution in [0, 0.1) is 12.8 Å². The van der Waals surface area contributed by atoms with Gasteiger partial charge in [0.05, 0.1) is 6.10 Å². The van der Waals surface area contributed by atoms with E-state index in [1.54, 1.807) is 0 Å². The Labute approximate surface area is 80.4 Å². The fraction of sp³-hybridized carbons (Fsp3) is 0.500. The number of hydrogen-bond donors (Lipinski definition) is 1. The van der Waals surface area contributed by atoms with Crippen molar-refractivity contribution < 1.29 is 5.11 Å². The molecule has 0 aliphatic heterocycles. The molecule has 1 nitrogen and oxygen atoms in total. The highest BCUT2D eigenvalue weighted by Crippen LogP contribution is 2.15. The Bertz CT molecular complexity index is 266. The third-order valence-corrected chi connectivity index (χ3v) is 2.63. The zero-order chi connectivity index (χ0) is 9.84. The van der Waals surface area contributed by atoms with Crippen LogP contribution in [-0.4, -0.2) is 11.2 Å². The Morgan fingerprint density at radius 2 is 1.85 bits per heavy atom. The van der Waals surface area contributed by atoms with Gasteiger partial charge in [0.15, 0.2) is 0 Å². The van der Waals surface area contributed by atoms with Crippen LogP contribution in [0.1, 0.15) is 25.0 Å². The summed E-state index contributed by atoms with van der Waals surface area (Å²) >= 11 is 0. The summed E-state index contributed by atoms with van der Waals surface area (Å²) in [4.78, 5) is 0. The fourth-order valence-electron chi connectivity index (χ4n) is 1.36. The highest BCUT2D eigenvalue weighted by atomic mass is 16.3. The zero-order valence-corrected chi connectivity index (χ0v) is 8.62. The average Bonchev–Trinajstić information content (AvgIpc) is 2.08. The molecule has 0 bridgehead atoms. The Hall–Kier alpha value is -0.820. The van der Waals surface area contributed by atoms with E-state index in [1.165, 1.54) is 11.1 Å². The Kier molecular flexibility index (Phi) is 3.49. The van der Waals surface area contributed by atoms with E-state index in [0.29, 0.717) is 5.92 Å². The highest BCUT2D eigenvalue weighted by molar-refractivity contribution is 5.25. The zero-order valence-electron chi connectivity index (χ0n) is 8.62. The van der Waals surface area contributed by atoms with Crippen molar-refractivity contribution in [2.45, 2.75) is 33.3 Å². The fourth-order valence-corrected chi connectivity index (χ4v) is 1.36. The van der Waals surface area contributed by atoms with E-state index >= 15 is 0 Å². The molecule has 0 amide bonds. The number of aryl methyl sites for hydroxylation is 1. The van der Waals surface area contributed by atoms with Gasteiger partial charge in [-0.05, 0) is 37.3 Å². The maximum atomic E-state index is 9.37. The second-order valence-electron chi connectivity index (χ2n) is 3.85. The van der Waals surface area contributed by atoms with Gasteiger partial charge in [-0.15, -0.1) is 0 Å². The number of aliphatic hydroxyl groups excluding tert-OH is 1. The molecular weight excluding hydrogens is 160 g/mol. The van der Waals surface area contributed by atoms with E-state index in [0.717, 1.165) is 6.42 Å². The van der Waals surface area contributed by atoms with Crippen LogP contribution >= 0.6 is 0 Å². The minimum atomic E-state index is -0.223. The van der Waals surface area contributed by atoms with Crippen molar-refractivity contribution in [1.82, 2.24) is 0 Å². The van der Waals surface area contributed by atoms with Crippen molar-refractivity contribution in [3.05, 3.63) is 35.4 Å². The van der Waals surface area contributed by atoms with Gasteiger partial charge in [0, 0.05) is 0 Å². The third kappa shape index (κ3) is 2.85. The minimum Gasteiger partial charge on any atom is -0.393 e. The molecule has 13 heavy (non-hydrogen) atoms. The molecule has 1 aromatic carbocycles.